The summed E-state index contributed by atoms with van der Waals surface area (Å²) in [5.41, 5.74) is 0. The van der Waals surface area contributed by atoms with Gasteiger partial charge in [0.1, 0.15) is 0 Å². The molecule has 4 unspecified atom stereocenters. The zero-order valence-corrected chi connectivity index (χ0v) is 12.4. The van der Waals surface area contributed by atoms with Gasteiger partial charge < -0.3 is 0 Å². The van der Waals surface area contributed by atoms with E-state index >= 15 is 0 Å². The van der Waals surface area contributed by atoms with E-state index in [2.05, 4.69) is 43.3 Å². The van der Waals surface area contributed by atoms with E-state index in [0.29, 0.717) is 4.83 Å². The zero-order valence-electron chi connectivity index (χ0n) is 8.46. The highest BCUT2D eigenvalue weighted by atomic mass is 79.9. The molecule has 0 aromatic carbocycles. The lowest BCUT2D eigenvalue weighted by molar-refractivity contribution is 0.331. The summed E-state index contributed by atoms with van der Waals surface area (Å²) in [6.45, 7) is 0. The maximum absolute atomic E-state index is 3.92. The van der Waals surface area contributed by atoms with Gasteiger partial charge in [-0.15, -0.1) is 11.3 Å². The van der Waals surface area contributed by atoms with Crippen molar-refractivity contribution in [1.29, 1.82) is 0 Å². The molecule has 0 N–H and O–H groups in total. The summed E-state index contributed by atoms with van der Waals surface area (Å²) < 4.78 is 1.29. The highest BCUT2D eigenvalue weighted by Crippen LogP contribution is 2.56. The van der Waals surface area contributed by atoms with E-state index in [-0.39, 0.29) is 0 Å². The summed E-state index contributed by atoms with van der Waals surface area (Å²) >= 11 is 9.45. The van der Waals surface area contributed by atoms with Crippen LogP contribution in [0.25, 0.3) is 0 Å². The van der Waals surface area contributed by atoms with Gasteiger partial charge in [-0.1, -0.05) is 22.4 Å². The summed E-state index contributed by atoms with van der Waals surface area (Å²) in [5, 5.41) is 2.18. The minimum atomic E-state index is 0.585. The molecule has 1 heterocycles. The molecule has 0 saturated heterocycles. The first-order valence-electron chi connectivity index (χ1n) is 5.62. The molecule has 3 heteroatoms. The molecule has 0 nitrogen and oxygen atoms in total. The Bertz CT molecular complexity index is 360. The lowest BCUT2D eigenvalue weighted by Crippen LogP contribution is -2.15. The maximum atomic E-state index is 3.92. The first-order valence-corrected chi connectivity index (χ1v) is 8.21. The van der Waals surface area contributed by atoms with Crippen molar-refractivity contribution in [3.05, 3.63) is 20.8 Å². The minimum Gasteiger partial charge on any atom is -0.147 e. The fourth-order valence-corrected chi connectivity index (χ4v) is 6.54. The van der Waals surface area contributed by atoms with E-state index in [0.717, 1.165) is 17.8 Å². The average molecular weight is 350 g/mol. The number of rotatable bonds is 2. The zero-order chi connectivity index (χ0) is 10.4. The highest BCUT2D eigenvalue weighted by molar-refractivity contribution is 9.11. The van der Waals surface area contributed by atoms with Crippen molar-refractivity contribution in [2.24, 2.45) is 17.8 Å². The topological polar surface area (TPSA) is 0 Å². The average Bonchev–Trinajstić information content (AvgIpc) is 2.91. The second kappa shape index (κ2) is 4.15. The van der Waals surface area contributed by atoms with E-state index < -0.39 is 0 Å². The second-order valence-electron chi connectivity index (χ2n) is 4.87. The van der Waals surface area contributed by atoms with Crippen LogP contribution in [0, 0.1) is 17.8 Å². The van der Waals surface area contributed by atoms with Crippen molar-refractivity contribution >= 4 is 43.2 Å². The van der Waals surface area contributed by atoms with Crippen LogP contribution in [0.1, 0.15) is 35.4 Å². The maximum Gasteiger partial charge on any atom is 0.0531 e. The monoisotopic (exact) mass is 348 g/mol. The van der Waals surface area contributed by atoms with Gasteiger partial charge in [0, 0.05) is 9.35 Å². The summed E-state index contributed by atoms with van der Waals surface area (Å²) in [6, 6.07) is 2.17. The number of hydrogen-bond donors (Lipinski definition) is 0. The Hall–Kier alpha value is 0.660. The van der Waals surface area contributed by atoms with Gasteiger partial charge in [-0.3, -0.25) is 0 Å². The molecule has 0 spiro atoms. The molecule has 2 aliphatic rings. The van der Waals surface area contributed by atoms with E-state index in [1.807, 2.05) is 11.3 Å². The van der Waals surface area contributed by atoms with Gasteiger partial charge >= 0.3 is 0 Å². The van der Waals surface area contributed by atoms with Gasteiger partial charge in [0.05, 0.1) is 4.83 Å². The molecule has 82 valence electrons. The molecule has 2 aliphatic carbocycles. The Labute approximate surface area is 112 Å². The van der Waals surface area contributed by atoms with E-state index in [9.17, 15) is 0 Å². The molecule has 15 heavy (non-hydrogen) atoms. The highest BCUT2D eigenvalue weighted by Gasteiger charge is 2.43. The number of hydrogen-bond acceptors (Lipinski definition) is 1. The van der Waals surface area contributed by atoms with Gasteiger partial charge in [0.25, 0.3) is 0 Å². The van der Waals surface area contributed by atoms with Crippen LogP contribution in [0.2, 0.25) is 0 Å². The fraction of sp³-hybridized carbons (Fsp3) is 0.667. The van der Waals surface area contributed by atoms with Crippen molar-refractivity contribution < 1.29 is 0 Å². The number of thiophene rings is 1. The van der Waals surface area contributed by atoms with Crippen LogP contribution < -0.4 is 0 Å². The van der Waals surface area contributed by atoms with Crippen LogP contribution in [0.4, 0.5) is 0 Å². The smallest absolute Gasteiger partial charge is 0.0531 e. The Morgan fingerprint density at radius 1 is 1.33 bits per heavy atom. The van der Waals surface area contributed by atoms with Crippen molar-refractivity contribution in [3.63, 3.8) is 0 Å². The van der Waals surface area contributed by atoms with E-state index in [1.54, 1.807) is 0 Å². The van der Waals surface area contributed by atoms with Crippen molar-refractivity contribution in [1.82, 2.24) is 0 Å². The van der Waals surface area contributed by atoms with Gasteiger partial charge in [-0.25, -0.2) is 0 Å². The molecule has 1 aromatic rings. The largest absolute Gasteiger partial charge is 0.147 e. The van der Waals surface area contributed by atoms with Gasteiger partial charge in [0.15, 0.2) is 0 Å². The van der Waals surface area contributed by atoms with E-state index in [4.69, 9.17) is 0 Å². The number of alkyl halides is 1. The first kappa shape index (κ1) is 10.8. The third-order valence-corrected chi connectivity index (χ3v) is 7.46. The molecule has 0 amide bonds. The lowest BCUT2D eigenvalue weighted by Gasteiger charge is -2.26. The molecule has 2 bridgehead atoms. The first-order chi connectivity index (χ1) is 7.25. The van der Waals surface area contributed by atoms with Gasteiger partial charge in [-0.05, 0) is 64.4 Å². The summed E-state index contributed by atoms with van der Waals surface area (Å²) in [6.07, 6.45) is 5.91. The van der Waals surface area contributed by atoms with Gasteiger partial charge in [-0.2, -0.15) is 0 Å². The minimum absolute atomic E-state index is 0.585. The Balaban J connectivity index is 1.81. The summed E-state index contributed by atoms with van der Waals surface area (Å²) in [4.78, 5) is 2.08. The van der Waals surface area contributed by atoms with Crippen molar-refractivity contribution in [3.8, 4) is 0 Å². The SMILES string of the molecule is Brc1ccsc1C(Br)C1CC2CCC1C2. The third-order valence-electron chi connectivity index (χ3n) is 4.06. The normalized spacial score (nSPS) is 36.0. The van der Waals surface area contributed by atoms with Crippen LogP contribution in [0.3, 0.4) is 0 Å². The molecular formula is C12H14Br2S. The Kier molecular flexibility index (Phi) is 2.99. The third kappa shape index (κ3) is 1.85. The van der Waals surface area contributed by atoms with Crippen molar-refractivity contribution in [2.45, 2.75) is 30.5 Å². The molecule has 4 atom stereocenters. The number of fused-ring (bicyclic) bond motifs is 2. The predicted molar refractivity (Wildman–Crippen MR) is 72.6 cm³/mol. The molecular weight excluding hydrogens is 336 g/mol. The van der Waals surface area contributed by atoms with Crippen LogP contribution in [0.15, 0.2) is 15.9 Å². The molecule has 2 fully saturated rings. The Morgan fingerprint density at radius 2 is 2.20 bits per heavy atom. The summed E-state index contributed by atoms with van der Waals surface area (Å²) in [7, 11) is 0. The van der Waals surface area contributed by atoms with E-state index in [1.165, 1.54) is 35.0 Å². The number of halogens is 2. The van der Waals surface area contributed by atoms with Crippen LogP contribution in [-0.2, 0) is 0 Å². The Morgan fingerprint density at radius 3 is 2.73 bits per heavy atom. The van der Waals surface area contributed by atoms with Crippen LogP contribution in [0.5, 0.6) is 0 Å². The molecule has 2 saturated carbocycles. The van der Waals surface area contributed by atoms with Gasteiger partial charge in [0.2, 0.25) is 0 Å². The van der Waals surface area contributed by atoms with Crippen LogP contribution >= 0.6 is 43.2 Å². The molecule has 0 radical (unpaired) electrons. The fourth-order valence-electron chi connectivity index (χ4n) is 3.35. The standard InChI is InChI=1S/C12H14Br2S/c13-10-3-4-15-12(10)11(14)9-6-7-1-2-8(9)5-7/h3-4,7-9,11H,1-2,5-6H2. The predicted octanol–water partition coefficient (Wildman–Crippen LogP) is 5.38. The van der Waals surface area contributed by atoms with Crippen molar-refractivity contribution in [2.75, 3.05) is 0 Å². The molecule has 1 aromatic heterocycles. The quantitative estimate of drug-likeness (QED) is 0.628. The molecule has 3 rings (SSSR count). The second-order valence-corrected chi connectivity index (χ2v) is 7.66. The summed E-state index contributed by atoms with van der Waals surface area (Å²) in [5.74, 6) is 2.92. The lowest BCUT2D eigenvalue weighted by atomic mass is 9.86. The van der Waals surface area contributed by atoms with Crippen LogP contribution in [-0.4, -0.2) is 0 Å². The molecule has 0 aliphatic heterocycles.